The quantitative estimate of drug-likeness (QED) is 0.945. The first kappa shape index (κ1) is 13.6. The van der Waals surface area contributed by atoms with Crippen LogP contribution in [0.3, 0.4) is 0 Å². The maximum atomic E-state index is 5.99. The number of nitrogens with zero attached hydrogens (tertiary/aromatic N) is 2. The van der Waals surface area contributed by atoms with E-state index in [1.165, 1.54) is 0 Å². The molecule has 0 saturated carbocycles. The first-order valence-corrected chi connectivity index (χ1v) is 7.27. The van der Waals surface area contributed by atoms with Gasteiger partial charge < -0.3 is 10.2 Å². The zero-order valence-corrected chi connectivity index (χ0v) is 12.0. The summed E-state index contributed by atoms with van der Waals surface area (Å²) in [5.41, 5.74) is 7.88. The maximum absolute atomic E-state index is 5.99. The van der Waals surface area contributed by atoms with E-state index in [9.17, 15) is 0 Å². The number of oxazole rings is 1. The van der Waals surface area contributed by atoms with Gasteiger partial charge in [-0.25, -0.2) is 4.98 Å². The van der Waals surface area contributed by atoms with E-state index >= 15 is 0 Å². The van der Waals surface area contributed by atoms with Crippen LogP contribution >= 0.6 is 11.6 Å². The van der Waals surface area contributed by atoms with Crippen LogP contribution in [0.5, 0.6) is 0 Å². The highest BCUT2D eigenvalue weighted by molar-refractivity contribution is 6.30. The minimum absolute atomic E-state index is 0.284. The molecular weight excluding hydrogens is 274 g/mol. The number of aromatic nitrogens is 1. The number of piperidine rings is 1. The molecule has 1 aromatic heterocycles. The summed E-state index contributed by atoms with van der Waals surface area (Å²) in [5, 5.41) is 0.711. The third-order valence-electron chi connectivity index (χ3n) is 3.57. The van der Waals surface area contributed by atoms with E-state index in [-0.39, 0.29) is 6.04 Å². The Hall–Kier alpha value is -1.36. The van der Waals surface area contributed by atoms with Gasteiger partial charge in [0, 0.05) is 29.7 Å². The van der Waals surface area contributed by atoms with Gasteiger partial charge in [-0.15, -0.1) is 0 Å². The Morgan fingerprint density at radius 3 is 2.90 bits per heavy atom. The second kappa shape index (κ2) is 5.95. The second-order valence-electron chi connectivity index (χ2n) is 5.29. The molecule has 0 spiro atoms. The first-order chi connectivity index (χ1) is 9.70. The van der Waals surface area contributed by atoms with E-state index in [1.54, 1.807) is 6.26 Å². The lowest BCUT2D eigenvalue weighted by Crippen LogP contribution is -2.42. The number of halogens is 1. The van der Waals surface area contributed by atoms with Crippen molar-refractivity contribution in [2.24, 2.45) is 5.73 Å². The summed E-state index contributed by atoms with van der Waals surface area (Å²) >= 11 is 5.88. The van der Waals surface area contributed by atoms with Gasteiger partial charge in [0.15, 0.2) is 0 Å². The van der Waals surface area contributed by atoms with Gasteiger partial charge in [0.2, 0.25) is 5.89 Å². The summed E-state index contributed by atoms with van der Waals surface area (Å²) in [7, 11) is 0. The predicted molar refractivity (Wildman–Crippen MR) is 79.4 cm³/mol. The Labute approximate surface area is 123 Å². The van der Waals surface area contributed by atoms with Gasteiger partial charge >= 0.3 is 0 Å². The standard InChI is InChI=1S/C15H18ClN3O/c16-12-5-3-11(4-6-12)15-18-14(10-20-15)9-19-7-1-2-13(17)8-19/h3-6,10,13H,1-2,7-9,17H2/t13-/m1/s1. The van der Waals surface area contributed by atoms with E-state index in [0.29, 0.717) is 10.9 Å². The zero-order valence-electron chi connectivity index (χ0n) is 11.3. The van der Waals surface area contributed by atoms with Crippen molar-refractivity contribution in [2.75, 3.05) is 13.1 Å². The van der Waals surface area contributed by atoms with Crippen LogP contribution in [-0.2, 0) is 6.54 Å². The Kier molecular flexibility index (Phi) is 4.05. The number of rotatable bonds is 3. The normalized spacial score (nSPS) is 20.2. The molecule has 0 bridgehead atoms. The Morgan fingerprint density at radius 1 is 1.35 bits per heavy atom. The zero-order chi connectivity index (χ0) is 13.9. The number of hydrogen-bond acceptors (Lipinski definition) is 4. The first-order valence-electron chi connectivity index (χ1n) is 6.89. The fourth-order valence-corrected chi connectivity index (χ4v) is 2.69. The molecule has 5 heteroatoms. The van der Waals surface area contributed by atoms with Crippen LogP contribution in [-0.4, -0.2) is 29.0 Å². The minimum atomic E-state index is 0.284. The summed E-state index contributed by atoms with van der Waals surface area (Å²) in [4.78, 5) is 6.87. The van der Waals surface area contributed by atoms with Crippen LogP contribution in [0.1, 0.15) is 18.5 Å². The average molecular weight is 292 g/mol. The molecule has 2 heterocycles. The molecule has 0 radical (unpaired) electrons. The van der Waals surface area contributed by atoms with E-state index < -0.39 is 0 Å². The van der Waals surface area contributed by atoms with Crippen molar-refractivity contribution >= 4 is 11.6 Å². The Balaban J connectivity index is 1.69. The van der Waals surface area contributed by atoms with Crippen LogP contribution in [0.4, 0.5) is 0 Å². The molecule has 1 aliphatic rings. The third-order valence-corrected chi connectivity index (χ3v) is 3.82. The van der Waals surface area contributed by atoms with Crippen LogP contribution < -0.4 is 5.73 Å². The monoisotopic (exact) mass is 291 g/mol. The van der Waals surface area contributed by atoms with Gasteiger partial charge in [-0.1, -0.05) is 11.6 Å². The molecular formula is C15H18ClN3O. The van der Waals surface area contributed by atoms with E-state index in [0.717, 1.165) is 43.7 Å². The minimum Gasteiger partial charge on any atom is -0.444 e. The van der Waals surface area contributed by atoms with Crippen LogP contribution in [0.15, 0.2) is 34.9 Å². The fourth-order valence-electron chi connectivity index (χ4n) is 2.57. The van der Waals surface area contributed by atoms with Gasteiger partial charge in [-0.05, 0) is 43.7 Å². The van der Waals surface area contributed by atoms with Crippen molar-refractivity contribution < 1.29 is 4.42 Å². The molecule has 3 rings (SSSR count). The highest BCUT2D eigenvalue weighted by atomic mass is 35.5. The molecule has 0 aliphatic carbocycles. The van der Waals surface area contributed by atoms with Crippen molar-refractivity contribution in [1.82, 2.24) is 9.88 Å². The topological polar surface area (TPSA) is 55.3 Å². The van der Waals surface area contributed by atoms with Crippen LogP contribution in [0, 0.1) is 0 Å². The van der Waals surface area contributed by atoms with Gasteiger partial charge in [0.25, 0.3) is 0 Å². The molecule has 2 N–H and O–H groups in total. The fraction of sp³-hybridized carbons (Fsp3) is 0.400. The molecule has 106 valence electrons. The number of likely N-dealkylation sites (tertiary alicyclic amines) is 1. The van der Waals surface area contributed by atoms with Gasteiger partial charge in [0.05, 0.1) is 5.69 Å². The Morgan fingerprint density at radius 2 is 2.15 bits per heavy atom. The summed E-state index contributed by atoms with van der Waals surface area (Å²) in [6.07, 6.45) is 4.00. The van der Waals surface area contributed by atoms with Crippen LogP contribution in [0.25, 0.3) is 11.5 Å². The van der Waals surface area contributed by atoms with Gasteiger partial charge in [-0.3, -0.25) is 4.90 Å². The smallest absolute Gasteiger partial charge is 0.226 e. The molecule has 20 heavy (non-hydrogen) atoms. The lowest BCUT2D eigenvalue weighted by atomic mass is 10.1. The van der Waals surface area contributed by atoms with Crippen LogP contribution in [0.2, 0.25) is 5.02 Å². The largest absolute Gasteiger partial charge is 0.444 e. The Bertz CT molecular complexity index is 567. The van der Waals surface area contributed by atoms with Gasteiger partial charge in [-0.2, -0.15) is 0 Å². The average Bonchev–Trinajstić information content (AvgIpc) is 2.88. The van der Waals surface area contributed by atoms with E-state index in [4.69, 9.17) is 21.8 Å². The molecule has 2 aromatic rings. The summed E-state index contributed by atoms with van der Waals surface area (Å²) in [6.45, 7) is 2.81. The highest BCUT2D eigenvalue weighted by Crippen LogP contribution is 2.21. The number of nitrogens with two attached hydrogens (primary N) is 1. The molecule has 1 aliphatic heterocycles. The molecule has 0 amide bonds. The second-order valence-corrected chi connectivity index (χ2v) is 5.72. The lowest BCUT2D eigenvalue weighted by molar-refractivity contribution is 0.199. The highest BCUT2D eigenvalue weighted by Gasteiger charge is 2.18. The SMILES string of the molecule is N[C@@H]1CCCN(Cc2coc(-c3ccc(Cl)cc3)n2)C1. The molecule has 1 fully saturated rings. The van der Waals surface area contributed by atoms with E-state index in [1.807, 2.05) is 24.3 Å². The molecule has 0 unspecified atom stereocenters. The predicted octanol–water partition coefficient (Wildman–Crippen LogP) is 2.92. The maximum Gasteiger partial charge on any atom is 0.226 e. The molecule has 1 aromatic carbocycles. The van der Waals surface area contributed by atoms with Crippen molar-refractivity contribution in [1.29, 1.82) is 0 Å². The van der Waals surface area contributed by atoms with Crippen molar-refractivity contribution in [3.05, 3.63) is 41.2 Å². The van der Waals surface area contributed by atoms with Crippen molar-refractivity contribution in [3.63, 3.8) is 0 Å². The molecule has 4 nitrogen and oxygen atoms in total. The van der Waals surface area contributed by atoms with Gasteiger partial charge in [0.1, 0.15) is 6.26 Å². The lowest BCUT2D eigenvalue weighted by Gasteiger charge is -2.29. The summed E-state index contributed by atoms with van der Waals surface area (Å²) in [6, 6.07) is 7.78. The van der Waals surface area contributed by atoms with Crippen molar-refractivity contribution in [3.8, 4) is 11.5 Å². The summed E-state index contributed by atoms with van der Waals surface area (Å²) in [5.74, 6) is 0.637. The van der Waals surface area contributed by atoms with Crippen molar-refractivity contribution in [2.45, 2.75) is 25.4 Å². The number of hydrogen-bond donors (Lipinski definition) is 1. The number of benzene rings is 1. The molecule has 1 atom stereocenters. The third kappa shape index (κ3) is 3.20. The molecule has 1 saturated heterocycles. The van der Waals surface area contributed by atoms with E-state index in [2.05, 4.69) is 9.88 Å². The summed E-state index contributed by atoms with van der Waals surface area (Å²) < 4.78 is 5.55.